The van der Waals surface area contributed by atoms with E-state index in [0.29, 0.717) is 35.4 Å². The normalized spacial score (nSPS) is 16.2. The molecule has 0 atom stereocenters. The Balaban J connectivity index is 1.32. The molecule has 0 radical (unpaired) electrons. The molecule has 1 amide bonds. The van der Waals surface area contributed by atoms with Crippen molar-refractivity contribution in [2.24, 2.45) is 0 Å². The van der Waals surface area contributed by atoms with E-state index in [0.717, 1.165) is 36.0 Å². The molecule has 1 aliphatic heterocycles. The Morgan fingerprint density at radius 1 is 1.03 bits per heavy atom. The van der Waals surface area contributed by atoms with Crippen molar-refractivity contribution in [3.8, 4) is 22.8 Å². The molecule has 32 heavy (non-hydrogen) atoms. The summed E-state index contributed by atoms with van der Waals surface area (Å²) in [5.41, 5.74) is 2.79. The van der Waals surface area contributed by atoms with Gasteiger partial charge in [0.25, 0.3) is 0 Å². The van der Waals surface area contributed by atoms with Crippen LogP contribution in [0.3, 0.4) is 0 Å². The van der Waals surface area contributed by atoms with Gasteiger partial charge < -0.3 is 18.6 Å². The molecule has 0 spiro atoms. The van der Waals surface area contributed by atoms with Crippen LogP contribution in [-0.4, -0.2) is 41.4 Å². The predicted molar refractivity (Wildman–Crippen MR) is 118 cm³/mol. The number of methoxy groups -OCH3 is 2. The minimum Gasteiger partial charge on any atom is -0.493 e. The van der Waals surface area contributed by atoms with Crippen LogP contribution in [-0.2, 0) is 16.8 Å². The second kappa shape index (κ2) is 6.85. The summed E-state index contributed by atoms with van der Waals surface area (Å²) in [5.74, 6) is 2.59. The van der Waals surface area contributed by atoms with Crippen LogP contribution in [0.4, 0.5) is 5.95 Å². The fourth-order valence-electron chi connectivity index (χ4n) is 4.57. The molecular formula is C24H22N4O4. The van der Waals surface area contributed by atoms with Crippen molar-refractivity contribution >= 4 is 22.9 Å². The Labute approximate surface area is 184 Å². The van der Waals surface area contributed by atoms with E-state index in [9.17, 15) is 4.79 Å². The third kappa shape index (κ3) is 2.65. The van der Waals surface area contributed by atoms with Crippen LogP contribution in [0, 0.1) is 0 Å². The summed E-state index contributed by atoms with van der Waals surface area (Å²) in [5, 5.41) is 4.29. The molecule has 8 nitrogen and oxygen atoms in total. The zero-order valence-electron chi connectivity index (χ0n) is 17.9. The van der Waals surface area contributed by atoms with Crippen LogP contribution in [0.2, 0.25) is 0 Å². The highest BCUT2D eigenvalue weighted by molar-refractivity contribution is 6.03. The van der Waals surface area contributed by atoms with Crippen molar-refractivity contribution in [2.75, 3.05) is 25.7 Å². The fourth-order valence-corrected chi connectivity index (χ4v) is 4.57. The first-order valence-corrected chi connectivity index (χ1v) is 10.6. The number of benzene rings is 2. The third-order valence-corrected chi connectivity index (χ3v) is 6.50. The summed E-state index contributed by atoms with van der Waals surface area (Å²) in [7, 11) is 3.19. The maximum Gasteiger partial charge on any atom is 0.241 e. The van der Waals surface area contributed by atoms with Crippen LogP contribution >= 0.6 is 0 Å². The molecule has 2 aromatic carbocycles. The molecular weight excluding hydrogens is 408 g/mol. The number of aromatic nitrogens is 3. The number of anilines is 1. The Kier molecular flexibility index (Phi) is 4.05. The number of ether oxygens (including phenoxy) is 2. The molecule has 1 fully saturated rings. The molecule has 0 bridgehead atoms. The number of hydrogen-bond donors (Lipinski definition) is 0. The molecule has 8 heteroatoms. The van der Waals surface area contributed by atoms with Gasteiger partial charge >= 0.3 is 0 Å². The lowest BCUT2D eigenvalue weighted by atomic mass is 9.99. The fraction of sp³-hybridized carbons (Fsp3) is 0.292. The van der Waals surface area contributed by atoms with Crippen molar-refractivity contribution < 1.29 is 18.8 Å². The largest absolute Gasteiger partial charge is 0.493 e. The van der Waals surface area contributed by atoms with Gasteiger partial charge in [-0.3, -0.25) is 9.69 Å². The monoisotopic (exact) mass is 430 g/mol. The maximum absolute atomic E-state index is 13.7. The standard InChI is InChI=1S/C24H22N4O4/c1-30-18-8-7-15(13-20(18)31-2)19-14-21(26-32-19)24(9-10-24)22(29)28-12-11-27-17-6-4-3-5-16(17)25-23(27)28/h3-8,13-14H,9-12H2,1-2H3. The van der Waals surface area contributed by atoms with E-state index in [-0.39, 0.29) is 5.91 Å². The van der Waals surface area contributed by atoms with Gasteiger partial charge in [0.2, 0.25) is 11.9 Å². The Hall–Kier alpha value is -3.81. The van der Waals surface area contributed by atoms with Crippen molar-refractivity contribution in [3.05, 3.63) is 54.2 Å². The first-order chi connectivity index (χ1) is 15.6. The number of carbonyl (C=O) groups is 1. The predicted octanol–water partition coefficient (Wildman–Crippen LogP) is 3.79. The van der Waals surface area contributed by atoms with Crippen LogP contribution in [0.1, 0.15) is 18.5 Å². The number of amides is 1. The highest BCUT2D eigenvalue weighted by Gasteiger charge is 2.56. The topological polar surface area (TPSA) is 82.6 Å². The lowest BCUT2D eigenvalue weighted by molar-refractivity contribution is -0.121. The first kappa shape index (κ1) is 18.9. The molecule has 2 aromatic heterocycles. The zero-order chi connectivity index (χ0) is 21.9. The van der Waals surface area contributed by atoms with Gasteiger partial charge in [0.05, 0.1) is 36.4 Å². The van der Waals surface area contributed by atoms with Gasteiger partial charge in [-0.1, -0.05) is 17.3 Å². The van der Waals surface area contributed by atoms with Crippen molar-refractivity contribution in [3.63, 3.8) is 0 Å². The van der Waals surface area contributed by atoms with E-state index in [1.807, 2.05) is 48.5 Å². The second-order valence-electron chi connectivity index (χ2n) is 8.24. The van der Waals surface area contributed by atoms with Gasteiger partial charge in [0.1, 0.15) is 0 Å². The molecule has 0 unspecified atom stereocenters. The van der Waals surface area contributed by atoms with E-state index in [1.165, 1.54) is 0 Å². The summed E-state index contributed by atoms with van der Waals surface area (Å²) in [6.45, 7) is 1.36. The number of para-hydroxylation sites is 2. The molecule has 1 aliphatic carbocycles. The number of nitrogens with zero attached hydrogens (tertiary/aromatic N) is 4. The van der Waals surface area contributed by atoms with Gasteiger partial charge in [-0.25, -0.2) is 4.98 Å². The number of imidazole rings is 1. The minimum absolute atomic E-state index is 0.0405. The Bertz CT molecular complexity index is 1350. The summed E-state index contributed by atoms with van der Waals surface area (Å²) < 4.78 is 18.5. The van der Waals surface area contributed by atoms with E-state index in [1.54, 1.807) is 19.1 Å². The van der Waals surface area contributed by atoms with Crippen molar-refractivity contribution in [2.45, 2.75) is 24.8 Å². The van der Waals surface area contributed by atoms with E-state index < -0.39 is 5.41 Å². The van der Waals surface area contributed by atoms with Gasteiger partial charge in [0.15, 0.2) is 17.3 Å². The molecule has 6 rings (SSSR count). The number of carbonyl (C=O) groups excluding carboxylic acids is 1. The third-order valence-electron chi connectivity index (χ3n) is 6.50. The zero-order valence-corrected chi connectivity index (χ0v) is 17.9. The second-order valence-corrected chi connectivity index (χ2v) is 8.24. The lowest BCUT2D eigenvalue weighted by Gasteiger charge is -2.19. The highest BCUT2D eigenvalue weighted by Crippen LogP contribution is 2.51. The van der Waals surface area contributed by atoms with Gasteiger partial charge in [0, 0.05) is 24.7 Å². The quantitative estimate of drug-likeness (QED) is 0.479. The maximum atomic E-state index is 13.7. The van der Waals surface area contributed by atoms with Crippen LogP contribution in [0.5, 0.6) is 11.5 Å². The average molecular weight is 430 g/mol. The summed E-state index contributed by atoms with van der Waals surface area (Å²) in [6.07, 6.45) is 1.50. The van der Waals surface area contributed by atoms with E-state index >= 15 is 0 Å². The summed E-state index contributed by atoms with van der Waals surface area (Å²) in [4.78, 5) is 20.2. The molecule has 4 aromatic rings. The lowest BCUT2D eigenvalue weighted by Crippen LogP contribution is -2.38. The Morgan fingerprint density at radius 2 is 1.84 bits per heavy atom. The molecule has 0 saturated heterocycles. The molecule has 2 aliphatic rings. The van der Waals surface area contributed by atoms with Gasteiger partial charge in [-0.15, -0.1) is 0 Å². The van der Waals surface area contributed by atoms with E-state index in [4.69, 9.17) is 19.0 Å². The molecule has 3 heterocycles. The van der Waals surface area contributed by atoms with Crippen molar-refractivity contribution in [1.29, 1.82) is 0 Å². The first-order valence-electron chi connectivity index (χ1n) is 10.6. The van der Waals surface area contributed by atoms with Crippen LogP contribution in [0.25, 0.3) is 22.4 Å². The van der Waals surface area contributed by atoms with Crippen LogP contribution < -0.4 is 14.4 Å². The average Bonchev–Trinajstić information content (AvgIpc) is 3.16. The van der Waals surface area contributed by atoms with Crippen LogP contribution in [0.15, 0.2) is 53.1 Å². The van der Waals surface area contributed by atoms with E-state index in [2.05, 4.69) is 9.72 Å². The number of rotatable bonds is 5. The molecule has 1 saturated carbocycles. The Morgan fingerprint density at radius 3 is 2.62 bits per heavy atom. The smallest absolute Gasteiger partial charge is 0.241 e. The minimum atomic E-state index is -0.647. The summed E-state index contributed by atoms with van der Waals surface area (Å²) >= 11 is 0. The highest BCUT2D eigenvalue weighted by atomic mass is 16.5. The number of hydrogen-bond acceptors (Lipinski definition) is 6. The SMILES string of the molecule is COc1ccc(-c2cc(C3(C(=O)N4CCn5c4nc4ccccc45)CC3)no2)cc1OC. The van der Waals surface area contributed by atoms with Gasteiger partial charge in [-0.2, -0.15) is 0 Å². The van der Waals surface area contributed by atoms with Crippen molar-refractivity contribution in [1.82, 2.24) is 14.7 Å². The summed E-state index contributed by atoms with van der Waals surface area (Å²) in [6, 6.07) is 15.4. The molecule has 0 N–H and O–H groups in total. The number of fused-ring (bicyclic) bond motifs is 3. The molecule has 162 valence electrons. The van der Waals surface area contributed by atoms with Gasteiger partial charge in [-0.05, 0) is 43.2 Å².